The van der Waals surface area contributed by atoms with Gasteiger partial charge in [0.15, 0.2) is 5.03 Å². The molecule has 0 fully saturated rings. The molecule has 2 aromatic rings. The molecule has 0 unspecified atom stereocenters. The monoisotopic (exact) mass is 291 g/mol. The molecule has 1 heterocycles. The summed E-state index contributed by atoms with van der Waals surface area (Å²) in [7, 11) is -3.66. The van der Waals surface area contributed by atoms with Gasteiger partial charge in [-0.3, -0.25) is 0 Å². The van der Waals surface area contributed by atoms with Gasteiger partial charge < -0.3 is 5.73 Å². The van der Waals surface area contributed by atoms with Crippen molar-refractivity contribution in [2.75, 3.05) is 12.3 Å². The number of hydrogen-bond donors (Lipinski definition) is 2. The summed E-state index contributed by atoms with van der Waals surface area (Å²) in [6.07, 6.45) is 2.03. The lowest BCUT2D eigenvalue weighted by atomic mass is 10.1. The third-order valence-electron chi connectivity index (χ3n) is 2.84. The zero-order chi connectivity index (χ0) is 14.6. The number of hydrogen-bond acceptors (Lipinski definition) is 4. The average molecular weight is 291 g/mol. The number of nitrogens with two attached hydrogens (primary N) is 1. The molecule has 5 nitrogen and oxygen atoms in total. The van der Waals surface area contributed by atoms with Crippen LogP contribution in [0.3, 0.4) is 0 Å². The third-order valence-corrected chi connectivity index (χ3v) is 4.28. The molecule has 0 aliphatic heterocycles. The van der Waals surface area contributed by atoms with Gasteiger partial charge in [-0.15, -0.1) is 0 Å². The van der Waals surface area contributed by atoms with Gasteiger partial charge in [0, 0.05) is 12.7 Å². The first-order valence-electron chi connectivity index (χ1n) is 6.25. The summed E-state index contributed by atoms with van der Waals surface area (Å²) in [4.78, 5) is 3.81. The van der Waals surface area contributed by atoms with Crippen molar-refractivity contribution >= 4 is 15.7 Å². The Balaban J connectivity index is 2.02. The molecule has 1 aromatic heterocycles. The van der Waals surface area contributed by atoms with Crippen LogP contribution in [-0.4, -0.2) is 19.9 Å². The Labute approximate surface area is 118 Å². The van der Waals surface area contributed by atoms with Crippen LogP contribution in [0.4, 0.5) is 5.69 Å². The van der Waals surface area contributed by atoms with E-state index in [9.17, 15) is 8.42 Å². The van der Waals surface area contributed by atoms with Gasteiger partial charge in [0.05, 0.1) is 5.69 Å². The molecule has 0 bridgehead atoms. The number of nitrogens with zero attached hydrogens (tertiary/aromatic N) is 1. The van der Waals surface area contributed by atoms with Crippen LogP contribution in [0.15, 0.2) is 47.6 Å². The fourth-order valence-corrected chi connectivity index (χ4v) is 2.98. The highest BCUT2D eigenvalue weighted by atomic mass is 32.2. The van der Waals surface area contributed by atoms with Crippen LogP contribution in [0.5, 0.6) is 0 Å². The number of nitrogen functional groups attached to an aromatic ring is 1. The Kier molecular flexibility index (Phi) is 4.36. The maximum absolute atomic E-state index is 12.1. The van der Waals surface area contributed by atoms with E-state index in [0.717, 1.165) is 11.1 Å². The molecule has 3 N–H and O–H groups in total. The molecular weight excluding hydrogens is 274 g/mol. The average Bonchev–Trinajstić information content (AvgIpc) is 2.39. The fourth-order valence-electron chi connectivity index (χ4n) is 1.89. The molecule has 0 amide bonds. The van der Waals surface area contributed by atoms with Gasteiger partial charge in [0.2, 0.25) is 0 Å². The largest absolute Gasteiger partial charge is 0.396 e. The van der Waals surface area contributed by atoms with Crippen molar-refractivity contribution in [2.45, 2.75) is 18.4 Å². The summed E-state index contributed by atoms with van der Waals surface area (Å²) in [5, 5.41) is -0.121. The highest BCUT2D eigenvalue weighted by Gasteiger charge is 2.17. The standard InChI is InChI=1S/C14H17N3O2S/c1-11-4-2-5-12(10-11)7-9-17-20(18,19)14-13(15)6-3-8-16-14/h2-6,8,10,17H,7,9,15H2,1H3. The molecule has 0 aliphatic rings. The predicted molar refractivity (Wildman–Crippen MR) is 78.7 cm³/mol. The predicted octanol–water partition coefficient (Wildman–Crippen LogP) is 1.49. The molecule has 106 valence electrons. The van der Waals surface area contributed by atoms with Crippen molar-refractivity contribution in [3.8, 4) is 0 Å². The maximum Gasteiger partial charge on any atom is 0.260 e. The lowest BCUT2D eigenvalue weighted by Gasteiger charge is -2.08. The first-order chi connectivity index (χ1) is 9.49. The van der Waals surface area contributed by atoms with Gasteiger partial charge in [-0.2, -0.15) is 0 Å². The van der Waals surface area contributed by atoms with E-state index in [4.69, 9.17) is 5.73 Å². The Morgan fingerprint density at radius 1 is 1.25 bits per heavy atom. The number of nitrogens with one attached hydrogen (secondary N) is 1. The summed E-state index contributed by atoms with van der Waals surface area (Å²) >= 11 is 0. The van der Waals surface area contributed by atoms with Gasteiger partial charge in [0.25, 0.3) is 10.0 Å². The van der Waals surface area contributed by atoms with Crippen molar-refractivity contribution in [3.05, 3.63) is 53.7 Å². The van der Waals surface area contributed by atoms with E-state index < -0.39 is 10.0 Å². The quantitative estimate of drug-likeness (QED) is 0.874. The van der Waals surface area contributed by atoms with E-state index in [1.54, 1.807) is 6.07 Å². The molecule has 0 aliphatic carbocycles. The zero-order valence-corrected chi connectivity index (χ0v) is 12.0. The summed E-state index contributed by atoms with van der Waals surface area (Å²) in [5.41, 5.74) is 8.01. The van der Waals surface area contributed by atoms with E-state index in [1.807, 2.05) is 31.2 Å². The number of rotatable bonds is 5. The van der Waals surface area contributed by atoms with Crippen molar-refractivity contribution < 1.29 is 8.42 Å². The Morgan fingerprint density at radius 2 is 2.05 bits per heavy atom. The molecule has 6 heteroatoms. The van der Waals surface area contributed by atoms with Gasteiger partial charge in [-0.1, -0.05) is 29.8 Å². The van der Waals surface area contributed by atoms with Crippen LogP contribution in [-0.2, 0) is 16.4 Å². The summed E-state index contributed by atoms with van der Waals surface area (Å²) < 4.78 is 26.6. The number of sulfonamides is 1. The van der Waals surface area contributed by atoms with Crippen molar-refractivity contribution in [3.63, 3.8) is 0 Å². The minimum Gasteiger partial charge on any atom is -0.396 e. The second-order valence-corrected chi connectivity index (χ2v) is 6.22. The second kappa shape index (κ2) is 6.02. The van der Waals surface area contributed by atoms with Crippen molar-refractivity contribution in [2.24, 2.45) is 0 Å². The van der Waals surface area contributed by atoms with Gasteiger partial charge in [-0.25, -0.2) is 18.1 Å². The Hall–Kier alpha value is -1.92. The van der Waals surface area contributed by atoms with E-state index in [1.165, 1.54) is 12.3 Å². The minimum atomic E-state index is -3.66. The number of benzene rings is 1. The van der Waals surface area contributed by atoms with Crippen LogP contribution in [0.1, 0.15) is 11.1 Å². The number of aryl methyl sites for hydroxylation is 1. The van der Waals surface area contributed by atoms with Crippen LogP contribution in [0, 0.1) is 6.92 Å². The van der Waals surface area contributed by atoms with Crippen molar-refractivity contribution in [1.82, 2.24) is 9.71 Å². The molecule has 2 rings (SSSR count). The zero-order valence-electron chi connectivity index (χ0n) is 11.2. The van der Waals surface area contributed by atoms with E-state index in [2.05, 4.69) is 9.71 Å². The topological polar surface area (TPSA) is 85.1 Å². The maximum atomic E-state index is 12.1. The summed E-state index contributed by atoms with van der Waals surface area (Å²) in [5.74, 6) is 0. The summed E-state index contributed by atoms with van der Waals surface area (Å²) in [6.45, 7) is 2.31. The molecule has 0 radical (unpaired) electrons. The molecule has 0 spiro atoms. The molecule has 0 saturated heterocycles. The van der Waals surface area contributed by atoms with Crippen LogP contribution < -0.4 is 10.5 Å². The van der Waals surface area contributed by atoms with Crippen LogP contribution in [0.25, 0.3) is 0 Å². The normalized spacial score (nSPS) is 11.4. The highest BCUT2D eigenvalue weighted by molar-refractivity contribution is 7.89. The SMILES string of the molecule is Cc1cccc(CCNS(=O)(=O)c2ncccc2N)c1. The molecular formula is C14H17N3O2S. The molecule has 0 saturated carbocycles. The van der Waals surface area contributed by atoms with E-state index in [0.29, 0.717) is 13.0 Å². The van der Waals surface area contributed by atoms with E-state index in [-0.39, 0.29) is 10.7 Å². The summed E-state index contributed by atoms with van der Waals surface area (Å²) in [6, 6.07) is 11.1. The van der Waals surface area contributed by atoms with Gasteiger partial charge in [-0.05, 0) is 31.0 Å². The smallest absolute Gasteiger partial charge is 0.260 e. The first kappa shape index (κ1) is 14.5. The Bertz CT molecular complexity index is 699. The van der Waals surface area contributed by atoms with Crippen LogP contribution in [0.2, 0.25) is 0 Å². The molecule has 0 atom stereocenters. The fraction of sp³-hybridized carbons (Fsp3) is 0.214. The minimum absolute atomic E-state index is 0.121. The number of aromatic nitrogens is 1. The lowest BCUT2D eigenvalue weighted by molar-refractivity contribution is 0.578. The van der Waals surface area contributed by atoms with Crippen LogP contribution >= 0.6 is 0 Å². The number of anilines is 1. The van der Waals surface area contributed by atoms with E-state index >= 15 is 0 Å². The lowest BCUT2D eigenvalue weighted by Crippen LogP contribution is -2.27. The molecule has 1 aromatic carbocycles. The highest BCUT2D eigenvalue weighted by Crippen LogP contribution is 2.13. The number of pyridine rings is 1. The van der Waals surface area contributed by atoms with Crippen molar-refractivity contribution in [1.29, 1.82) is 0 Å². The van der Waals surface area contributed by atoms with Gasteiger partial charge >= 0.3 is 0 Å². The van der Waals surface area contributed by atoms with Gasteiger partial charge in [0.1, 0.15) is 0 Å². The second-order valence-electron chi connectivity index (χ2n) is 4.53. The molecule has 20 heavy (non-hydrogen) atoms. The first-order valence-corrected chi connectivity index (χ1v) is 7.73. The third kappa shape index (κ3) is 3.55. The Morgan fingerprint density at radius 3 is 2.75 bits per heavy atom.